The zero-order valence-corrected chi connectivity index (χ0v) is 12.7. The minimum Gasteiger partial charge on any atom is -0.469 e. The number of hydrogen-bond acceptors (Lipinski definition) is 5. The van der Waals surface area contributed by atoms with Crippen molar-refractivity contribution in [2.75, 3.05) is 13.7 Å². The molecule has 0 aromatic carbocycles. The van der Waals surface area contributed by atoms with Crippen LogP contribution in [0.2, 0.25) is 0 Å². The number of carbonyl (C=O) groups is 2. The van der Waals surface area contributed by atoms with Crippen LogP contribution in [0.25, 0.3) is 0 Å². The molecule has 21 heavy (non-hydrogen) atoms. The summed E-state index contributed by atoms with van der Waals surface area (Å²) < 4.78 is 10.7. The molecule has 1 N–H and O–H groups in total. The molecule has 5 nitrogen and oxygen atoms in total. The molecule has 3 fully saturated rings. The average Bonchev–Trinajstić information content (AvgIpc) is 2.89. The maximum Gasteiger partial charge on any atom is 0.312 e. The second-order valence-corrected chi connectivity index (χ2v) is 6.70. The quantitative estimate of drug-likeness (QED) is 0.802. The summed E-state index contributed by atoms with van der Waals surface area (Å²) in [6.45, 7) is 0.821. The van der Waals surface area contributed by atoms with Crippen LogP contribution in [-0.4, -0.2) is 37.7 Å². The van der Waals surface area contributed by atoms with Crippen molar-refractivity contribution >= 4 is 11.9 Å². The third-order valence-electron chi connectivity index (χ3n) is 5.36. The molecule has 2 saturated carbocycles. The Morgan fingerprint density at radius 2 is 1.81 bits per heavy atom. The van der Waals surface area contributed by atoms with Crippen LogP contribution < -0.4 is 5.32 Å². The summed E-state index contributed by atoms with van der Waals surface area (Å²) in [7, 11) is 1.41. The molecule has 3 aliphatic rings. The lowest BCUT2D eigenvalue weighted by Gasteiger charge is -2.34. The molecule has 2 aliphatic carbocycles. The number of carbonyl (C=O) groups excluding carboxylic acids is 2. The molecular weight excluding hydrogens is 270 g/mol. The van der Waals surface area contributed by atoms with Crippen molar-refractivity contribution in [3.63, 3.8) is 0 Å². The molecule has 3 rings (SSSR count). The van der Waals surface area contributed by atoms with Crippen LogP contribution in [0, 0.1) is 17.8 Å². The van der Waals surface area contributed by atoms with Gasteiger partial charge in [-0.25, -0.2) is 0 Å². The Hall–Kier alpha value is -1.10. The molecule has 2 bridgehead atoms. The zero-order valence-electron chi connectivity index (χ0n) is 12.7. The summed E-state index contributed by atoms with van der Waals surface area (Å²) in [5.41, 5.74) is 0. The van der Waals surface area contributed by atoms with Gasteiger partial charge in [0.25, 0.3) is 0 Å². The van der Waals surface area contributed by atoms with Gasteiger partial charge in [0.1, 0.15) is 6.10 Å². The number of methoxy groups -OCH3 is 1. The van der Waals surface area contributed by atoms with E-state index in [1.165, 1.54) is 13.5 Å². The van der Waals surface area contributed by atoms with E-state index in [1.54, 1.807) is 0 Å². The summed E-state index contributed by atoms with van der Waals surface area (Å²) >= 11 is 0. The molecule has 4 atom stereocenters. The lowest BCUT2D eigenvalue weighted by molar-refractivity contribution is -0.169. The van der Waals surface area contributed by atoms with E-state index in [0.29, 0.717) is 6.04 Å². The van der Waals surface area contributed by atoms with Gasteiger partial charge in [0.15, 0.2) is 0 Å². The van der Waals surface area contributed by atoms with Crippen molar-refractivity contribution in [1.29, 1.82) is 0 Å². The van der Waals surface area contributed by atoms with E-state index in [-0.39, 0.29) is 35.8 Å². The van der Waals surface area contributed by atoms with E-state index in [9.17, 15) is 9.59 Å². The standard InChI is InChI=1S/C16H25NO4/c1-20-16(19)14-11-7-12(17-9-11)8-13(14)21-15(18)10-5-3-2-4-6-10/h10-14,17H,2-9H2,1H3/t11?,12-,13?,14?/m1/s1. The van der Waals surface area contributed by atoms with Crippen molar-refractivity contribution in [2.24, 2.45) is 17.8 Å². The first-order chi connectivity index (χ1) is 10.2. The molecular formula is C16H25NO4. The van der Waals surface area contributed by atoms with Gasteiger partial charge < -0.3 is 14.8 Å². The number of ether oxygens (including phenoxy) is 2. The Labute approximate surface area is 125 Å². The van der Waals surface area contributed by atoms with Gasteiger partial charge in [0, 0.05) is 12.5 Å². The van der Waals surface area contributed by atoms with E-state index in [0.717, 1.165) is 45.1 Å². The third-order valence-corrected chi connectivity index (χ3v) is 5.36. The van der Waals surface area contributed by atoms with Gasteiger partial charge in [-0.05, 0) is 31.7 Å². The summed E-state index contributed by atoms with van der Waals surface area (Å²) in [4.78, 5) is 24.4. The van der Waals surface area contributed by atoms with Gasteiger partial charge in [-0.15, -0.1) is 0 Å². The number of rotatable bonds is 3. The smallest absolute Gasteiger partial charge is 0.312 e. The first-order valence-corrected chi connectivity index (χ1v) is 8.20. The fraction of sp³-hybridized carbons (Fsp3) is 0.875. The lowest BCUT2D eigenvalue weighted by atomic mass is 9.78. The van der Waals surface area contributed by atoms with Crippen LogP contribution in [0.1, 0.15) is 44.9 Å². The van der Waals surface area contributed by atoms with E-state index in [1.807, 2.05) is 0 Å². The van der Waals surface area contributed by atoms with Crippen molar-refractivity contribution < 1.29 is 19.1 Å². The highest BCUT2D eigenvalue weighted by molar-refractivity contribution is 5.76. The van der Waals surface area contributed by atoms with Crippen LogP contribution in [0.3, 0.4) is 0 Å². The van der Waals surface area contributed by atoms with Crippen LogP contribution >= 0.6 is 0 Å². The number of esters is 2. The van der Waals surface area contributed by atoms with Crippen LogP contribution in [0.4, 0.5) is 0 Å². The Bertz CT molecular complexity index is 405. The zero-order chi connectivity index (χ0) is 14.8. The summed E-state index contributed by atoms with van der Waals surface area (Å²) in [5, 5.41) is 3.41. The van der Waals surface area contributed by atoms with Crippen molar-refractivity contribution in [2.45, 2.75) is 57.1 Å². The van der Waals surface area contributed by atoms with Gasteiger partial charge in [-0.2, -0.15) is 0 Å². The first-order valence-electron chi connectivity index (χ1n) is 8.20. The molecule has 0 radical (unpaired) electrons. The highest BCUT2D eigenvalue weighted by atomic mass is 16.6. The molecule has 0 spiro atoms. The molecule has 0 aromatic heterocycles. The van der Waals surface area contributed by atoms with Crippen molar-refractivity contribution in [3.8, 4) is 0 Å². The summed E-state index contributed by atoms with van der Waals surface area (Å²) in [6.07, 6.45) is 6.69. The van der Waals surface area contributed by atoms with Crippen molar-refractivity contribution in [3.05, 3.63) is 0 Å². The van der Waals surface area contributed by atoms with E-state index in [2.05, 4.69) is 5.32 Å². The lowest BCUT2D eigenvalue weighted by Crippen LogP contribution is -2.44. The normalized spacial score (nSPS) is 36.2. The number of nitrogens with one attached hydrogen (secondary N) is 1. The highest BCUT2D eigenvalue weighted by Gasteiger charge is 2.48. The fourth-order valence-corrected chi connectivity index (χ4v) is 4.22. The molecule has 1 saturated heterocycles. The molecule has 0 aromatic rings. The second-order valence-electron chi connectivity index (χ2n) is 6.70. The maximum absolute atomic E-state index is 12.4. The Kier molecular flexibility index (Phi) is 4.48. The Morgan fingerprint density at radius 3 is 2.52 bits per heavy atom. The van der Waals surface area contributed by atoms with E-state index < -0.39 is 0 Å². The van der Waals surface area contributed by atoms with Crippen LogP contribution in [0.5, 0.6) is 0 Å². The topological polar surface area (TPSA) is 64.6 Å². The minimum atomic E-state index is -0.314. The minimum absolute atomic E-state index is 0.0320. The monoisotopic (exact) mass is 295 g/mol. The van der Waals surface area contributed by atoms with E-state index >= 15 is 0 Å². The second kappa shape index (κ2) is 6.34. The van der Waals surface area contributed by atoms with Gasteiger partial charge in [-0.3, -0.25) is 9.59 Å². The molecule has 118 valence electrons. The van der Waals surface area contributed by atoms with Crippen molar-refractivity contribution in [1.82, 2.24) is 5.32 Å². The Balaban J connectivity index is 1.66. The largest absolute Gasteiger partial charge is 0.469 e. The summed E-state index contributed by atoms with van der Waals surface area (Å²) in [6, 6.07) is 0.375. The van der Waals surface area contributed by atoms with Gasteiger partial charge in [0.05, 0.1) is 18.9 Å². The Morgan fingerprint density at radius 1 is 1.05 bits per heavy atom. The fourth-order valence-electron chi connectivity index (χ4n) is 4.22. The molecule has 1 heterocycles. The molecule has 3 unspecified atom stereocenters. The van der Waals surface area contributed by atoms with Crippen LogP contribution in [-0.2, 0) is 19.1 Å². The first kappa shape index (κ1) is 14.8. The van der Waals surface area contributed by atoms with Crippen LogP contribution in [0.15, 0.2) is 0 Å². The third kappa shape index (κ3) is 3.07. The SMILES string of the molecule is COC(=O)C1C2CN[C@H](C2)CC1OC(=O)C1CCCCC1. The summed E-state index contributed by atoms with van der Waals surface area (Å²) in [5.74, 6) is -0.364. The van der Waals surface area contributed by atoms with Gasteiger partial charge in [0.2, 0.25) is 0 Å². The predicted octanol–water partition coefficient (Wildman–Crippen LogP) is 1.65. The maximum atomic E-state index is 12.4. The molecule has 0 amide bonds. The molecule has 5 heteroatoms. The predicted molar refractivity (Wildman–Crippen MR) is 76.5 cm³/mol. The number of hydrogen-bond donors (Lipinski definition) is 1. The van der Waals surface area contributed by atoms with Gasteiger partial charge >= 0.3 is 11.9 Å². The number of fused-ring (bicyclic) bond motifs is 2. The molecule has 1 aliphatic heterocycles. The van der Waals surface area contributed by atoms with Gasteiger partial charge in [-0.1, -0.05) is 19.3 Å². The highest BCUT2D eigenvalue weighted by Crippen LogP contribution is 2.38. The average molecular weight is 295 g/mol. The van der Waals surface area contributed by atoms with E-state index in [4.69, 9.17) is 9.47 Å².